The molecule has 1 aromatic heterocycles. The molecule has 1 atom stereocenters. The number of nitrogens with one attached hydrogen (secondary N) is 4. The molecule has 380 valence electrons. The summed E-state index contributed by atoms with van der Waals surface area (Å²) in [5, 5.41) is 11.4. The summed E-state index contributed by atoms with van der Waals surface area (Å²) in [7, 11) is 1.28. The average Bonchev–Trinajstić information content (AvgIpc) is 4.13. The van der Waals surface area contributed by atoms with Gasteiger partial charge in [-0.1, -0.05) is 18.9 Å². The number of hydrogen-bond donors (Lipinski definition) is 4. The van der Waals surface area contributed by atoms with Crippen molar-refractivity contribution in [2.45, 2.75) is 107 Å². The minimum atomic E-state index is -3.64. The van der Waals surface area contributed by atoms with Gasteiger partial charge in [0.2, 0.25) is 17.8 Å². The summed E-state index contributed by atoms with van der Waals surface area (Å²) in [5.41, 5.74) is 0.965. The second-order valence-electron chi connectivity index (χ2n) is 18.9. The molecule has 5 heterocycles. The van der Waals surface area contributed by atoms with E-state index >= 15 is 13.2 Å². The van der Waals surface area contributed by atoms with Crippen molar-refractivity contribution >= 4 is 64.3 Å². The summed E-state index contributed by atoms with van der Waals surface area (Å²) in [4.78, 5) is 91.4. The Labute approximate surface area is 408 Å². The van der Waals surface area contributed by atoms with Crippen molar-refractivity contribution in [3.63, 3.8) is 0 Å². The molecule has 0 spiro atoms. The number of benzene rings is 2. The summed E-state index contributed by atoms with van der Waals surface area (Å²) in [5.74, 6) is -8.19. The first kappa shape index (κ1) is 49.6. The van der Waals surface area contributed by atoms with Gasteiger partial charge in [0.25, 0.3) is 23.6 Å². The van der Waals surface area contributed by atoms with E-state index in [2.05, 4.69) is 36.1 Å². The Hall–Kier alpha value is -6.39. The molecule has 2 aromatic carbocycles. The molecule has 6 amide bonds. The molecule has 9 rings (SSSR count). The molecule has 2 aliphatic carbocycles. The number of alkyl halides is 2. The van der Waals surface area contributed by atoms with Gasteiger partial charge in [-0.05, 0) is 76.0 Å². The van der Waals surface area contributed by atoms with Crippen LogP contribution in [0.3, 0.4) is 0 Å². The van der Waals surface area contributed by atoms with Crippen molar-refractivity contribution < 1.29 is 56.1 Å². The number of nitrogens with zero attached hydrogens (tertiary/aromatic N) is 6. The van der Waals surface area contributed by atoms with Gasteiger partial charge in [-0.2, -0.15) is 13.8 Å². The first-order valence-corrected chi connectivity index (χ1v) is 24.6. The Balaban J connectivity index is 0.724. The molecule has 0 bridgehead atoms. The standard InChI is InChI=1S/C49H59F3N10O9/c1-59-38-27-54-48(58-42(38)61(30-7-2-3-8-30)28-49(51,52)47(59)68)56-36-26-34(50)33(25-39(36)71-31-9-4-5-10-31)43(64)55-29-15-18-60(19-16-29)20-22-70-24-23-69-21-17-53-35-12-6-11-32-41(35)46(67)62(45(32)66)37-13-14-40(63)57-44(37)65/h6,11-12,25-27,29-31,37,53H,2-5,7-10,13-24,28H2,1H3,(H,55,64)(H,54,56,58)(H,57,63,65). The van der Waals surface area contributed by atoms with E-state index in [1.165, 1.54) is 36.3 Å². The van der Waals surface area contributed by atoms with E-state index < -0.39 is 59.8 Å². The zero-order valence-corrected chi connectivity index (χ0v) is 39.6. The largest absolute Gasteiger partial charge is 0.488 e. The van der Waals surface area contributed by atoms with Crippen molar-refractivity contribution in [3.8, 4) is 5.75 Å². The molecule has 4 N–H and O–H groups in total. The van der Waals surface area contributed by atoms with E-state index in [-0.39, 0.29) is 76.6 Å². The van der Waals surface area contributed by atoms with Crippen molar-refractivity contribution in [3.05, 3.63) is 59.0 Å². The minimum absolute atomic E-state index is 0.00244. The third-order valence-electron chi connectivity index (χ3n) is 14.2. The maximum atomic E-state index is 16.0. The van der Waals surface area contributed by atoms with Gasteiger partial charge in [-0.3, -0.25) is 39.0 Å². The molecule has 19 nitrogen and oxygen atoms in total. The molecule has 6 aliphatic rings. The van der Waals surface area contributed by atoms with Crippen LogP contribution < -0.4 is 35.8 Å². The first-order chi connectivity index (χ1) is 34.3. The molecular weight excluding hydrogens is 930 g/mol. The van der Waals surface area contributed by atoms with Crippen LogP contribution in [0.15, 0.2) is 36.5 Å². The van der Waals surface area contributed by atoms with Gasteiger partial charge in [0, 0.05) is 63.5 Å². The zero-order chi connectivity index (χ0) is 49.8. The smallest absolute Gasteiger partial charge is 0.342 e. The van der Waals surface area contributed by atoms with Crippen LogP contribution in [0, 0.1) is 5.82 Å². The summed E-state index contributed by atoms with van der Waals surface area (Å²) < 4.78 is 64.2. The van der Waals surface area contributed by atoms with Gasteiger partial charge in [-0.15, -0.1) is 0 Å². The molecule has 4 aliphatic heterocycles. The second kappa shape index (κ2) is 21.5. The highest BCUT2D eigenvalue weighted by molar-refractivity contribution is 6.25. The molecule has 1 unspecified atom stereocenters. The number of hydrogen-bond acceptors (Lipinski definition) is 15. The summed E-state index contributed by atoms with van der Waals surface area (Å²) >= 11 is 0. The number of ether oxygens (including phenoxy) is 3. The number of rotatable bonds is 18. The molecule has 0 radical (unpaired) electrons. The lowest BCUT2D eigenvalue weighted by Crippen LogP contribution is -2.54. The Morgan fingerprint density at radius 3 is 2.37 bits per heavy atom. The number of anilines is 5. The molecule has 3 aromatic rings. The van der Waals surface area contributed by atoms with E-state index in [1.54, 1.807) is 12.1 Å². The molecular formula is C49H59F3N10O9. The first-order valence-electron chi connectivity index (χ1n) is 24.6. The van der Waals surface area contributed by atoms with Gasteiger partial charge in [0.05, 0.1) is 67.7 Å². The van der Waals surface area contributed by atoms with E-state index in [9.17, 15) is 28.8 Å². The fourth-order valence-electron chi connectivity index (χ4n) is 10.3. The number of carbonyl (C=O) groups excluding carboxylic acids is 6. The molecule has 2 saturated carbocycles. The monoisotopic (exact) mass is 988 g/mol. The molecule has 71 heavy (non-hydrogen) atoms. The zero-order valence-electron chi connectivity index (χ0n) is 39.6. The number of halogens is 3. The SMILES string of the molecule is CN1C(=O)C(F)(F)CN(C2CCCC2)c2nc(Nc3cc(F)c(C(=O)NC4CCN(CCOCCOCCNc5cccc6c5C(=O)N(C5CCC(=O)NC5=O)C6=O)CC4)cc3OC3CCCC3)ncc21. The lowest BCUT2D eigenvalue weighted by atomic mass is 10.0. The van der Waals surface area contributed by atoms with Gasteiger partial charge < -0.3 is 44.9 Å². The third kappa shape index (κ3) is 10.9. The highest BCUT2D eigenvalue weighted by Gasteiger charge is 2.49. The quantitative estimate of drug-likeness (QED) is 0.0997. The number of piperidine rings is 2. The number of imide groups is 2. The van der Waals surface area contributed by atoms with E-state index in [1.807, 2.05) is 0 Å². The normalized spacial score (nSPS) is 21.1. The van der Waals surface area contributed by atoms with Crippen LogP contribution in [-0.2, 0) is 23.9 Å². The minimum Gasteiger partial charge on any atom is -0.488 e. The molecule has 2 saturated heterocycles. The molecule has 4 fully saturated rings. The number of aromatic nitrogens is 2. The number of amides is 6. The maximum Gasteiger partial charge on any atom is 0.342 e. The third-order valence-corrected chi connectivity index (χ3v) is 14.2. The maximum absolute atomic E-state index is 16.0. The van der Waals surface area contributed by atoms with E-state index in [0.717, 1.165) is 48.3 Å². The van der Waals surface area contributed by atoms with Crippen LogP contribution in [0.1, 0.15) is 108 Å². The highest BCUT2D eigenvalue weighted by atomic mass is 19.3. The van der Waals surface area contributed by atoms with Crippen LogP contribution >= 0.6 is 0 Å². The number of fused-ring (bicyclic) bond motifs is 2. The lowest BCUT2D eigenvalue weighted by molar-refractivity contribution is -0.140. The fraction of sp³-hybridized carbons (Fsp3) is 0.551. The molecule has 22 heteroatoms. The van der Waals surface area contributed by atoms with Crippen molar-refractivity contribution in [2.75, 3.05) is 86.6 Å². The summed E-state index contributed by atoms with van der Waals surface area (Å²) in [6.07, 6.45) is 9.19. The van der Waals surface area contributed by atoms with Crippen molar-refractivity contribution in [1.82, 2.24) is 30.4 Å². The Bertz CT molecular complexity index is 2530. The highest BCUT2D eigenvalue weighted by Crippen LogP contribution is 2.41. The van der Waals surface area contributed by atoms with Gasteiger partial charge in [0.15, 0.2) is 5.82 Å². The van der Waals surface area contributed by atoms with Crippen molar-refractivity contribution in [1.29, 1.82) is 0 Å². The van der Waals surface area contributed by atoms with Crippen LogP contribution in [0.25, 0.3) is 0 Å². The van der Waals surface area contributed by atoms with Gasteiger partial charge in [0.1, 0.15) is 23.3 Å². The number of carbonyl (C=O) groups is 6. The number of likely N-dealkylation sites (tertiary alicyclic amines) is 1. The van der Waals surface area contributed by atoms with Crippen LogP contribution in [-0.4, -0.2) is 152 Å². The van der Waals surface area contributed by atoms with E-state index in [4.69, 9.17) is 14.2 Å². The fourth-order valence-corrected chi connectivity index (χ4v) is 10.3. The topological polar surface area (TPSA) is 217 Å². The van der Waals surface area contributed by atoms with Gasteiger partial charge >= 0.3 is 5.92 Å². The van der Waals surface area contributed by atoms with Gasteiger partial charge in [-0.25, -0.2) is 9.37 Å². The predicted octanol–water partition coefficient (Wildman–Crippen LogP) is 4.78. The summed E-state index contributed by atoms with van der Waals surface area (Å²) in [6, 6.07) is 5.96. The Morgan fingerprint density at radius 1 is 0.887 bits per heavy atom. The predicted molar refractivity (Wildman–Crippen MR) is 253 cm³/mol. The van der Waals surface area contributed by atoms with Crippen LogP contribution in [0.2, 0.25) is 0 Å². The van der Waals surface area contributed by atoms with Crippen molar-refractivity contribution in [2.24, 2.45) is 0 Å². The Morgan fingerprint density at radius 2 is 1.62 bits per heavy atom. The second-order valence-corrected chi connectivity index (χ2v) is 18.9. The van der Waals surface area contributed by atoms with E-state index in [0.29, 0.717) is 84.0 Å². The lowest BCUT2D eigenvalue weighted by Gasteiger charge is -2.32. The van der Waals surface area contributed by atoms with Crippen LogP contribution in [0.4, 0.5) is 42.0 Å². The average molecular weight is 989 g/mol. The Kier molecular flexibility index (Phi) is 15.0. The van der Waals surface area contributed by atoms with Crippen LogP contribution in [0.5, 0.6) is 5.75 Å². The summed E-state index contributed by atoms with van der Waals surface area (Å²) in [6.45, 7) is 3.03.